The van der Waals surface area contributed by atoms with Crippen LogP contribution in [0, 0.1) is 0 Å². The van der Waals surface area contributed by atoms with Crippen molar-refractivity contribution in [3.8, 4) is 0 Å². The first-order valence-electron chi connectivity index (χ1n) is 11.3. The van der Waals surface area contributed by atoms with Gasteiger partial charge in [-0.25, -0.2) is 0 Å². The van der Waals surface area contributed by atoms with Crippen molar-refractivity contribution in [3.63, 3.8) is 0 Å². The van der Waals surface area contributed by atoms with E-state index >= 15 is 0 Å². The minimum absolute atomic E-state index is 0.749. The number of hydrogen-bond acceptors (Lipinski definition) is 2. The third kappa shape index (κ3) is 8.25. The lowest BCUT2D eigenvalue weighted by Gasteiger charge is -2.31. The summed E-state index contributed by atoms with van der Waals surface area (Å²) in [6.45, 7) is 3.73. The van der Waals surface area contributed by atoms with Crippen LogP contribution in [0.5, 0.6) is 0 Å². The summed E-state index contributed by atoms with van der Waals surface area (Å²) >= 11 is 5.76. The predicted octanol–water partition coefficient (Wildman–Crippen LogP) is 6.05. The number of benzene rings is 2. The van der Waals surface area contributed by atoms with Crippen LogP contribution in [0.25, 0.3) is 0 Å². The molecule has 0 bridgehead atoms. The largest absolute Gasteiger partial charge is 0.407 e. The maximum Gasteiger partial charge on any atom is 0.407 e. The second kappa shape index (κ2) is 14.8. The van der Waals surface area contributed by atoms with E-state index in [-0.39, 0.29) is 0 Å². The second-order valence-corrected chi connectivity index (χ2v) is 10.9. The SMILES string of the molecule is CCCCCO[Si](OCCCCCCCCCl)(c1ccccc1)c1ccccc1. The van der Waals surface area contributed by atoms with Crippen LogP contribution in [0.4, 0.5) is 0 Å². The van der Waals surface area contributed by atoms with Gasteiger partial charge in [-0.2, -0.15) is 0 Å². The quantitative estimate of drug-likeness (QED) is 0.183. The highest BCUT2D eigenvalue weighted by Crippen LogP contribution is 2.14. The van der Waals surface area contributed by atoms with Gasteiger partial charge in [-0.05, 0) is 29.6 Å². The Morgan fingerprint density at radius 2 is 1.07 bits per heavy atom. The summed E-state index contributed by atoms with van der Waals surface area (Å²) in [7, 11) is -2.70. The average molecular weight is 433 g/mol. The molecule has 0 saturated carbocycles. The minimum atomic E-state index is -2.70. The van der Waals surface area contributed by atoms with Gasteiger partial charge in [0.25, 0.3) is 0 Å². The Kier molecular flexibility index (Phi) is 12.3. The highest BCUT2D eigenvalue weighted by Gasteiger charge is 2.42. The lowest BCUT2D eigenvalue weighted by Crippen LogP contribution is -2.63. The molecule has 0 amide bonds. The summed E-state index contributed by atoms with van der Waals surface area (Å²) in [5.74, 6) is 0.779. The lowest BCUT2D eigenvalue weighted by atomic mass is 10.1. The first-order valence-corrected chi connectivity index (χ1v) is 13.6. The number of hydrogen-bond donors (Lipinski definition) is 0. The molecule has 0 saturated heterocycles. The molecule has 0 aliphatic rings. The van der Waals surface area contributed by atoms with Gasteiger partial charge < -0.3 is 8.85 Å². The fourth-order valence-electron chi connectivity index (χ4n) is 3.54. The summed E-state index contributed by atoms with van der Waals surface area (Å²) in [5.41, 5.74) is 0. The maximum atomic E-state index is 6.71. The molecule has 0 aromatic heterocycles. The van der Waals surface area contributed by atoms with Crippen LogP contribution in [0.3, 0.4) is 0 Å². The second-order valence-electron chi connectivity index (χ2n) is 7.56. The van der Waals surface area contributed by atoms with Gasteiger partial charge in [-0.3, -0.25) is 0 Å². The summed E-state index contributed by atoms with van der Waals surface area (Å²) in [5, 5.41) is 2.40. The van der Waals surface area contributed by atoms with E-state index in [0.29, 0.717) is 0 Å². The average Bonchev–Trinajstić information content (AvgIpc) is 2.78. The third-order valence-electron chi connectivity index (χ3n) is 5.19. The van der Waals surface area contributed by atoms with E-state index in [2.05, 4.69) is 67.6 Å². The van der Waals surface area contributed by atoms with E-state index in [1.807, 2.05) is 0 Å². The molecule has 0 spiro atoms. The minimum Gasteiger partial charge on any atom is -0.388 e. The van der Waals surface area contributed by atoms with Crippen molar-refractivity contribution in [1.82, 2.24) is 0 Å². The smallest absolute Gasteiger partial charge is 0.388 e. The van der Waals surface area contributed by atoms with Gasteiger partial charge in [0.2, 0.25) is 0 Å². The Morgan fingerprint density at radius 1 is 0.621 bits per heavy atom. The van der Waals surface area contributed by atoms with E-state index in [1.54, 1.807) is 0 Å². The van der Waals surface area contributed by atoms with Gasteiger partial charge in [0.05, 0.1) is 0 Å². The molecule has 2 rings (SSSR count). The zero-order valence-corrected chi connectivity index (χ0v) is 19.7. The van der Waals surface area contributed by atoms with Crippen molar-refractivity contribution in [3.05, 3.63) is 60.7 Å². The van der Waals surface area contributed by atoms with Crippen molar-refractivity contribution < 1.29 is 8.85 Å². The van der Waals surface area contributed by atoms with Crippen LogP contribution < -0.4 is 10.4 Å². The standard InChI is InChI=1S/C25H37ClO2Si/c1-2-3-15-22-27-29(24-17-10-8-11-18-24,25-19-12-9-13-20-25)28-23-16-7-5-4-6-14-21-26/h8-13,17-20H,2-7,14-16,21-23H2,1H3. The molecular formula is C25H37ClO2Si. The van der Waals surface area contributed by atoms with E-state index in [1.165, 1.54) is 48.9 Å². The zero-order valence-electron chi connectivity index (χ0n) is 18.0. The van der Waals surface area contributed by atoms with E-state index < -0.39 is 8.56 Å². The van der Waals surface area contributed by atoms with Gasteiger partial charge in [0.1, 0.15) is 0 Å². The van der Waals surface area contributed by atoms with Gasteiger partial charge in [-0.15, -0.1) is 11.6 Å². The number of rotatable bonds is 16. The molecule has 0 aliphatic heterocycles. The highest BCUT2D eigenvalue weighted by atomic mass is 35.5. The molecule has 0 atom stereocenters. The number of unbranched alkanes of at least 4 members (excludes halogenated alkanes) is 7. The molecule has 0 radical (unpaired) electrons. The van der Waals surface area contributed by atoms with Crippen LogP contribution in [-0.2, 0) is 8.85 Å². The lowest BCUT2D eigenvalue weighted by molar-refractivity contribution is 0.184. The molecular weight excluding hydrogens is 396 g/mol. The number of halogens is 1. The Balaban J connectivity index is 2.08. The van der Waals surface area contributed by atoms with E-state index in [4.69, 9.17) is 20.5 Å². The zero-order chi connectivity index (χ0) is 20.6. The topological polar surface area (TPSA) is 18.5 Å². The Hall–Kier alpha value is -1.13. The normalized spacial score (nSPS) is 11.7. The van der Waals surface area contributed by atoms with Crippen molar-refractivity contribution in [2.45, 2.75) is 64.7 Å². The summed E-state index contributed by atoms with van der Waals surface area (Å²) in [6.07, 6.45) is 10.6. The van der Waals surface area contributed by atoms with Crippen molar-refractivity contribution in [2.75, 3.05) is 19.1 Å². The first-order chi connectivity index (χ1) is 14.3. The molecule has 0 aliphatic carbocycles. The predicted molar refractivity (Wildman–Crippen MR) is 128 cm³/mol. The molecule has 0 fully saturated rings. The van der Waals surface area contributed by atoms with Gasteiger partial charge in [0.15, 0.2) is 0 Å². The molecule has 0 N–H and O–H groups in total. The van der Waals surface area contributed by atoms with Gasteiger partial charge >= 0.3 is 8.56 Å². The Bertz CT molecular complexity index is 596. The summed E-state index contributed by atoms with van der Waals surface area (Å²) in [6, 6.07) is 21.2. The fourth-order valence-corrected chi connectivity index (χ4v) is 6.94. The van der Waals surface area contributed by atoms with Crippen molar-refractivity contribution in [1.29, 1.82) is 0 Å². The molecule has 160 valence electrons. The van der Waals surface area contributed by atoms with Gasteiger partial charge in [-0.1, -0.05) is 106 Å². The van der Waals surface area contributed by atoms with Crippen LogP contribution in [0.2, 0.25) is 0 Å². The third-order valence-corrected chi connectivity index (χ3v) is 8.87. The van der Waals surface area contributed by atoms with Gasteiger partial charge in [0, 0.05) is 19.1 Å². The summed E-state index contributed by atoms with van der Waals surface area (Å²) < 4.78 is 13.4. The molecule has 2 nitrogen and oxygen atoms in total. The Labute approximate surface area is 183 Å². The molecule has 2 aromatic carbocycles. The Morgan fingerprint density at radius 3 is 1.55 bits per heavy atom. The molecule has 29 heavy (non-hydrogen) atoms. The van der Waals surface area contributed by atoms with E-state index in [9.17, 15) is 0 Å². The molecule has 0 heterocycles. The van der Waals surface area contributed by atoms with Crippen molar-refractivity contribution >= 4 is 30.5 Å². The van der Waals surface area contributed by atoms with Crippen LogP contribution in [-0.4, -0.2) is 27.7 Å². The van der Waals surface area contributed by atoms with Crippen molar-refractivity contribution in [2.24, 2.45) is 0 Å². The van der Waals surface area contributed by atoms with E-state index in [0.717, 1.165) is 38.4 Å². The molecule has 2 aromatic rings. The summed E-state index contributed by atoms with van der Waals surface area (Å²) in [4.78, 5) is 0. The van der Waals surface area contributed by atoms with Crippen LogP contribution in [0.15, 0.2) is 60.7 Å². The molecule has 0 unspecified atom stereocenters. The first kappa shape index (κ1) is 24.1. The molecule has 4 heteroatoms. The number of alkyl halides is 1. The fraction of sp³-hybridized carbons (Fsp3) is 0.520. The van der Waals surface area contributed by atoms with Crippen LogP contribution >= 0.6 is 11.6 Å². The maximum absolute atomic E-state index is 6.71. The monoisotopic (exact) mass is 432 g/mol. The highest BCUT2D eigenvalue weighted by molar-refractivity contribution is 6.92. The van der Waals surface area contributed by atoms with Crippen LogP contribution in [0.1, 0.15) is 64.7 Å².